The SMILES string of the molecule is O=C(NCc1ccncc1)Nc1ccc(S(=O)Cl)cc1. The lowest BCUT2D eigenvalue weighted by Crippen LogP contribution is -2.28. The smallest absolute Gasteiger partial charge is 0.319 e. The summed E-state index contributed by atoms with van der Waals surface area (Å²) < 4.78 is 11.0. The van der Waals surface area contributed by atoms with E-state index in [2.05, 4.69) is 15.6 Å². The highest BCUT2D eigenvalue weighted by atomic mass is 35.7. The number of pyridine rings is 1. The van der Waals surface area contributed by atoms with E-state index < -0.39 is 10.0 Å². The maximum atomic E-state index is 11.7. The molecule has 2 N–H and O–H groups in total. The van der Waals surface area contributed by atoms with E-state index in [4.69, 9.17) is 10.7 Å². The first kappa shape index (κ1) is 14.5. The number of urea groups is 1. The summed E-state index contributed by atoms with van der Waals surface area (Å²) in [4.78, 5) is 16.1. The number of benzene rings is 1. The normalized spacial score (nSPS) is 11.7. The zero-order valence-electron chi connectivity index (χ0n) is 10.4. The molecule has 1 unspecified atom stereocenters. The highest BCUT2D eigenvalue weighted by Crippen LogP contribution is 2.14. The molecule has 0 spiro atoms. The Bertz CT molecular complexity index is 605. The summed E-state index contributed by atoms with van der Waals surface area (Å²) in [6.45, 7) is 0.415. The summed E-state index contributed by atoms with van der Waals surface area (Å²) in [7, 11) is 3.91. The van der Waals surface area contributed by atoms with Gasteiger partial charge in [-0.05, 0) is 52.6 Å². The highest BCUT2D eigenvalue weighted by Gasteiger charge is 2.03. The first-order chi connectivity index (χ1) is 9.65. The molecule has 2 aromatic rings. The van der Waals surface area contributed by atoms with E-state index in [1.807, 2.05) is 12.1 Å². The molecule has 7 heteroatoms. The lowest BCUT2D eigenvalue weighted by molar-refractivity contribution is 0.251. The molecule has 0 aliphatic rings. The van der Waals surface area contributed by atoms with Crippen molar-refractivity contribution in [2.45, 2.75) is 11.4 Å². The Morgan fingerprint density at radius 2 is 1.80 bits per heavy atom. The Kier molecular flexibility index (Phi) is 5.09. The van der Waals surface area contributed by atoms with E-state index in [1.165, 1.54) is 0 Å². The number of carbonyl (C=O) groups is 1. The maximum Gasteiger partial charge on any atom is 0.319 e. The van der Waals surface area contributed by atoms with Crippen LogP contribution in [0.1, 0.15) is 5.56 Å². The Balaban J connectivity index is 1.86. The van der Waals surface area contributed by atoms with Gasteiger partial charge in [-0.2, -0.15) is 0 Å². The van der Waals surface area contributed by atoms with Crippen LogP contribution in [-0.4, -0.2) is 15.2 Å². The van der Waals surface area contributed by atoms with Crippen molar-refractivity contribution >= 4 is 32.4 Å². The number of carbonyl (C=O) groups excluding carboxylic acids is 1. The molecule has 1 atom stereocenters. The fraction of sp³-hybridized carbons (Fsp3) is 0.0769. The van der Waals surface area contributed by atoms with Crippen molar-refractivity contribution < 1.29 is 9.00 Å². The molecular formula is C13H12ClN3O2S. The zero-order valence-corrected chi connectivity index (χ0v) is 11.9. The van der Waals surface area contributed by atoms with Crippen LogP contribution in [0.3, 0.4) is 0 Å². The van der Waals surface area contributed by atoms with E-state index in [9.17, 15) is 9.00 Å². The van der Waals surface area contributed by atoms with Gasteiger partial charge in [-0.15, -0.1) is 0 Å². The molecule has 20 heavy (non-hydrogen) atoms. The number of hydrogen-bond acceptors (Lipinski definition) is 3. The van der Waals surface area contributed by atoms with Crippen LogP contribution in [0.5, 0.6) is 0 Å². The van der Waals surface area contributed by atoms with Crippen molar-refractivity contribution in [3.05, 3.63) is 54.4 Å². The van der Waals surface area contributed by atoms with Gasteiger partial charge in [0.2, 0.25) is 0 Å². The molecule has 0 aliphatic heterocycles. The monoisotopic (exact) mass is 309 g/mol. The van der Waals surface area contributed by atoms with Crippen LogP contribution in [0, 0.1) is 0 Å². The van der Waals surface area contributed by atoms with Gasteiger partial charge in [0, 0.05) is 24.6 Å². The topological polar surface area (TPSA) is 71.1 Å². The number of anilines is 1. The van der Waals surface area contributed by atoms with E-state index in [0.29, 0.717) is 17.1 Å². The summed E-state index contributed by atoms with van der Waals surface area (Å²) in [5.41, 5.74) is 1.56. The van der Waals surface area contributed by atoms with Gasteiger partial charge in [-0.25, -0.2) is 9.00 Å². The molecule has 5 nitrogen and oxygen atoms in total. The van der Waals surface area contributed by atoms with Gasteiger partial charge in [0.1, 0.15) is 10.0 Å². The molecule has 2 rings (SSSR count). The second kappa shape index (κ2) is 7.02. The van der Waals surface area contributed by atoms with Gasteiger partial charge < -0.3 is 10.6 Å². The predicted octanol–water partition coefficient (Wildman–Crippen LogP) is 2.66. The van der Waals surface area contributed by atoms with Crippen LogP contribution < -0.4 is 10.6 Å². The van der Waals surface area contributed by atoms with Gasteiger partial charge in [-0.1, -0.05) is 0 Å². The fourth-order valence-corrected chi connectivity index (χ4v) is 2.16. The van der Waals surface area contributed by atoms with Gasteiger partial charge in [-0.3, -0.25) is 4.98 Å². The van der Waals surface area contributed by atoms with Gasteiger partial charge in [0.25, 0.3) is 0 Å². The summed E-state index contributed by atoms with van der Waals surface area (Å²) in [6.07, 6.45) is 3.33. The van der Waals surface area contributed by atoms with Crippen molar-refractivity contribution in [2.75, 3.05) is 5.32 Å². The van der Waals surface area contributed by atoms with Crippen molar-refractivity contribution in [1.29, 1.82) is 0 Å². The second-order valence-electron chi connectivity index (χ2n) is 3.91. The number of nitrogens with zero attached hydrogens (tertiary/aromatic N) is 1. The molecule has 0 radical (unpaired) electrons. The molecule has 0 bridgehead atoms. The third-order valence-corrected chi connectivity index (χ3v) is 3.68. The van der Waals surface area contributed by atoms with Crippen LogP contribution in [0.4, 0.5) is 10.5 Å². The molecule has 0 fully saturated rings. The number of nitrogens with one attached hydrogen (secondary N) is 2. The number of rotatable bonds is 4. The minimum atomic E-state index is -1.54. The molecule has 0 aliphatic carbocycles. The highest BCUT2D eigenvalue weighted by molar-refractivity contribution is 8.08. The fourth-order valence-electron chi connectivity index (χ4n) is 1.50. The third-order valence-electron chi connectivity index (χ3n) is 2.50. The van der Waals surface area contributed by atoms with Crippen LogP contribution >= 0.6 is 10.7 Å². The first-order valence-corrected chi connectivity index (χ1v) is 7.74. The largest absolute Gasteiger partial charge is 0.334 e. The van der Waals surface area contributed by atoms with Crippen molar-refractivity contribution in [3.63, 3.8) is 0 Å². The van der Waals surface area contributed by atoms with E-state index >= 15 is 0 Å². The van der Waals surface area contributed by atoms with Gasteiger partial charge in [0.15, 0.2) is 0 Å². The Morgan fingerprint density at radius 1 is 1.15 bits per heavy atom. The van der Waals surface area contributed by atoms with E-state index in [0.717, 1.165) is 5.56 Å². The number of aromatic nitrogens is 1. The van der Waals surface area contributed by atoms with Crippen LogP contribution in [-0.2, 0) is 16.6 Å². The molecule has 0 saturated heterocycles. The molecule has 1 aromatic heterocycles. The lowest BCUT2D eigenvalue weighted by atomic mass is 10.3. The molecule has 2 amide bonds. The summed E-state index contributed by atoms with van der Waals surface area (Å²) >= 11 is 0. The quantitative estimate of drug-likeness (QED) is 0.853. The van der Waals surface area contributed by atoms with Crippen molar-refractivity contribution in [1.82, 2.24) is 10.3 Å². The molecule has 1 aromatic carbocycles. The van der Waals surface area contributed by atoms with E-state index in [1.54, 1.807) is 36.7 Å². The lowest BCUT2D eigenvalue weighted by Gasteiger charge is -2.07. The molecular weight excluding hydrogens is 298 g/mol. The predicted molar refractivity (Wildman–Crippen MR) is 78.8 cm³/mol. The minimum absolute atomic E-state index is 0.318. The Morgan fingerprint density at radius 3 is 2.40 bits per heavy atom. The number of halogens is 1. The average molecular weight is 310 g/mol. The average Bonchev–Trinajstić information content (AvgIpc) is 2.47. The Hall–Kier alpha value is -1.92. The second-order valence-corrected chi connectivity index (χ2v) is 5.67. The number of hydrogen-bond donors (Lipinski definition) is 2. The first-order valence-electron chi connectivity index (χ1n) is 5.77. The van der Waals surface area contributed by atoms with Crippen LogP contribution in [0.2, 0.25) is 0 Å². The van der Waals surface area contributed by atoms with Crippen molar-refractivity contribution in [2.24, 2.45) is 0 Å². The molecule has 104 valence electrons. The third kappa shape index (κ3) is 4.32. The maximum absolute atomic E-state index is 11.7. The summed E-state index contributed by atoms with van der Waals surface area (Å²) in [5.74, 6) is 0. The molecule has 0 saturated carbocycles. The van der Waals surface area contributed by atoms with Crippen LogP contribution in [0.15, 0.2) is 53.7 Å². The summed E-state index contributed by atoms with van der Waals surface area (Å²) in [6, 6.07) is 9.81. The number of amides is 2. The Labute approximate surface area is 123 Å². The summed E-state index contributed by atoms with van der Waals surface area (Å²) in [5, 5.41) is 5.39. The molecule has 1 heterocycles. The zero-order chi connectivity index (χ0) is 14.4. The van der Waals surface area contributed by atoms with Gasteiger partial charge >= 0.3 is 6.03 Å². The minimum Gasteiger partial charge on any atom is -0.334 e. The van der Waals surface area contributed by atoms with Crippen LogP contribution in [0.25, 0.3) is 0 Å². The van der Waals surface area contributed by atoms with Gasteiger partial charge in [0.05, 0.1) is 4.90 Å². The van der Waals surface area contributed by atoms with Crippen molar-refractivity contribution in [3.8, 4) is 0 Å². The standard InChI is InChI=1S/C13H12ClN3O2S/c14-20(19)12-3-1-11(2-4-12)17-13(18)16-9-10-5-7-15-8-6-10/h1-8H,9H2,(H2,16,17,18). The van der Waals surface area contributed by atoms with E-state index in [-0.39, 0.29) is 6.03 Å².